The molecule has 3 N–H and O–H groups in total. The summed E-state index contributed by atoms with van der Waals surface area (Å²) in [6.45, 7) is 0.0386. The Morgan fingerprint density at radius 3 is 2.05 bits per heavy atom. The number of carboxylic acid groups (broad SMARTS) is 1. The van der Waals surface area contributed by atoms with Crippen molar-refractivity contribution in [2.75, 3.05) is 31.5 Å². The Labute approximate surface area is 217 Å². The van der Waals surface area contributed by atoms with Crippen LogP contribution in [-0.4, -0.2) is 49.9 Å². The minimum Gasteiger partial charge on any atom is -0.478 e. The number of rotatable bonds is 8. The Morgan fingerprint density at radius 2 is 1.47 bits per heavy atom. The summed E-state index contributed by atoms with van der Waals surface area (Å²) in [6.07, 6.45) is 0.0302. The van der Waals surface area contributed by atoms with Gasteiger partial charge in [-0.1, -0.05) is 48.5 Å². The first-order valence-electron chi connectivity index (χ1n) is 11.5. The van der Waals surface area contributed by atoms with E-state index in [4.69, 9.17) is 4.74 Å². The third kappa shape index (κ3) is 5.49. The second-order valence-corrected chi connectivity index (χ2v) is 8.21. The van der Waals surface area contributed by atoms with Crippen molar-refractivity contribution in [3.05, 3.63) is 95.2 Å². The maximum atomic E-state index is 12.8. The number of nitrogens with one attached hydrogen (secondary N) is 2. The number of methoxy groups -OCH3 is 2. The summed E-state index contributed by atoms with van der Waals surface area (Å²) in [5.41, 5.74) is 3.92. The van der Waals surface area contributed by atoms with Gasteiger partial charge in [-0.25, -0.2) is 19.2 Å². The molecule has 0 spiro atoms. The number of ether oxygens (including phenoxy) is 3. The molecule has 3 aromatic rings. The van der Waals surface area contributed by atoms with Crippen molar-refractivity contribution >= 4 is 35.4 Å². The fraction of sp³-hybridized carbons (Fsp3) is 0.143. The van der Waals surface area contributed by atoms with Gasteiger partial charge in [0.25, 0.3) is 0 Å². The van der Waals surface area contributed by atoms with Crippen LogP contribution in [0.2, 0.25) is 0 Å². The highest BCUT2D eigenvalue weighted by molar-refractivity contribution is 6.01. The Morgan fingerprint density at radius 1 is 0.842 bits per heavy atom. The van der Waals surface area contributed by atoms with Gasteiger partial charge in [0.05, 0.1) is 37.2 Å². The van der Waals surface area contributed by atoms with Crippen molar-refractivity contribution in [3.8, 4) is 11.1 Å². The second-order valence-electron chi connectivity index (χ2n) is 8.21. The smallest absolute Gasteiger partial charge is 0.411 e. The van der Waals surface area contributed by atoms with Crippen LogP contribution in [0.3, 0.4) is 0 Å². The van der Waals surface area contributed by atoms with Crippen LogP contribution in [0.5, 0.6) is 0 Å². The van der Waals surface area contributed by atoms with Gasteiger partial charge in [0.1, 0.15) is 12.3 Å². The van der Waals surface area contributed by atoms with Gasteiger partial charge in [0.15, 0.2) is 0 Å². The number of hydrogen-bond acceptors (Lipinski definition) is 8. The molecule has 4 rings (SSSR count). The molecule has 0 bridgehead atoms. The highest BCUT2D eigenvalue weighted by Gasteiger charge is 2.29. The zero-order valence-electron chi connectivity index (χ0n) is 20.5. The minimum atomic E-state index is -1.23. The first-order valence-corrected chi connectivity index (χ1v) is 11.5. The SMILES string of the molecule is COC(=O)/C=C(/Nc1ccc(C(=O)O)cc1NC(=O)OCC1c2ccccc2-c2ccccc21)C(=O)OC. The normalized spacial score (nSPS) is 12.1. The molecule has 0 saturated heterocycles. The molecule has 1 amide bonds. The van der Waals surface area contributed by atoms with Gasteiger partial charge in [-0.05, 0) is 40.5 Å². The van der Waals surface area contributed by atoms with Gasteiger partial charge >= 0.3 is 24.0 Å². The number of anilines is 2. The first kappa shape index (κ1) is 26.0. The van der Waals surface area contributed by atoms with E-state index in [9.17, 15) is 24.3 Å². The van der Waals surface area contributed by atoms with Gasteiger partial charge in [0, 0.05) is 5.92 Å². The Kier molecular flexibility index (Phi) is 7.72. The molecular weight excluding hydrogens is 492 g/mol. The fourth-order valence-corrected chi connectivity index (χ4v) is 4.21. The van der Waals surface area contributed by atoms with Crippen LogP contribution in [0.15, 0.2) is 78.5 Å². The minimum absolute atomic E-state index is 0.00166. The molecule has 0 atom stereocenters. The van der Waals surface area contributed by atoms with E-state index in [0.29, 0.717) is 0 Å². The standard InChI is InChI=1S/C28H24N2O8/c1-36-25(31)14-24(27(34)37-2)29-22-12-11-16(26(32)33)13-23(22)30-28(35)38-15-21-19-9-5-3-7-17(19)18-8-4-6-10-20(18)21/h3-14,21,29H,15H2,1-2H3,(H,30,35)(H,32,33)/b24-14+. The summed E-state index contributed by atoms with van der Waals surface area (Å²) in [6, 6.07) is 19.6. The summed E-state index contributed by atoms with van der Waals surface area (Å²) in [5, 5.41) is 14.6. The third-order valence-corrected chi connectivity index (χ3v) is 5.98. The highest BCUT2D eigenvalue weighted by Crippen LogP contribution is 2.44. The summed E-state index contributed by atoms with van der Waals surface area (Å²) in [4.78, 5) is 48.2. The van der Waals surface area contributed by atoms with Crippen LogP contribution in [0.1, 0.15) is 27.4 Å². The average Bonchev–Trinajstić information content (AvgIpc) is 3.25. The molecule has 0 saturated carbocycles. The van der Waals surface area contributed by atoms with Crippen molar-refractivity contribution in [2.24, 2.45) is 0 Å². The molecule has 0 fully saturated rings. The zero-order chi connectivity index (χ0) is 27.2. The van der Waals surface area contributed by atoms with E-state index < -0.39 is 24.0 Å². The molecule has 0 aromatic heterocycles. The number of fused-ring (bicyclic) bond motifs is 3. The number of esters is 2. The van der Waals surface area contributed by atoms with Crippen molar-refractivity contribution in [2.45, 2.75) is 5.92 Å². The average molecular weight is 517 g/mol. The maximum absolute atomic E-state index is 12.8. The lowest BCUT2D eigenvalue weighted by molar-refractivity contribution is -0.138. The fourth-order valence-electron chi connectivity index (χ4n) is 4.21. The monoisotopic (exact) mass is 516 g/mol. The predicted molar refractivity (Wildman–Crippen MR) is 138 cm³/mol. The lowest BCUT2D eigenvalue weighted by Gasteiger charge is -2.17. The number of carboxylic acids is 1. The van der Waals surface area contributed by atoms with Crippen LogP contribution < -0.4 is 10.6 Å². The van der Waals surface area contributed by atoms with Crippen LogP contribution in [0.4, 0.5) is 16.2 Å². The van der Waals surface area contributed by atoms with Crippen LogP contribution in [0.25, 0.3) is 11.1 Å². The van der Waals surface area contributed by atoms with E-state index in [2.05, 4.69) is 20.1 Å². The van der Waals surface area contributed by atoms with Crippen molar-refractivity contribution < 1.29 is 38.5 Å². The van der Waals surface area contributed by atoms with E-state index in [0.717, 1.165) is 42.5 Å². The number of carbonyl (C=O) groups is 4. The number of benzene rings is 3. The molecule has 1 aliphatic carbocycles. The molecule has 0 heterocycles. The quantitative estimate of drug-likeness (QED) is 0.226. The van der Waals surface area contributed by atoms with Crippen LogP contribution in [0, 0.1) is 0 Å². The summed E-state index contributed by atoms with van der Waals surface area (Å²) in [5.74, 6) is -3.12. The second kappa shape index (κ2) is 11.3. The lowest BCUT2D eigenvalue weighted by Crippen LogP contribution is -2.20. The summed E-state index contributed by atoms with van der Waals surface area (Å²) >= 11 is 0. The van der Waals surface area contributed by atoms with Gasteiger partial charge in [-0.3, -0.25) is 5.32 Å². The molecule has 10 nitrogen and oxygen atoms in total. The van der Waals surface area contributed by atoms with E-state index in [-0.39, 0.29) is 35.2 Å². The molecule has 0 radical (unpaired) electrons. The first-order chi connectivity index (χ1) is 18.3. The molecule has 1 aliphatic rings. The van der Waals surface area contributed by atoms with Gasteiger partial charge < -0.3 is 24.6 Å². The van der Waals surface area contributed by atoms with E-state index in [1.54, 1.807) is 0 Å². The molecule has 0 aliphatic heterocycles. The molecule has 3 aromatic carbocycles. The van der Waals surface area contributed by atoms with Crippen LogP contribution >= 0.6 is 0 Å². The molecule has 0 unspecified atom stereocenters. The number of carbonyl (C=O) groups excluding carboxylic acids is 3. The summed E-state index contributed by atoms with van der Waals surface area (Å²) < 4.78 is 14.8. The third-order valence-electron chi connectivity index (χ3n) is 5.98. The summed E-state index contributed by atoms with van der Waals surface area (Å²) in [7, 11) is 2.26. The van der Waals surface area contributed by atoms with Gasteiger partial charge in [-0.15, -0.1) is 0 Å². The Bertz CT molecular complexity index is 1400. The lowest BCUT2D eigenvalue weighted by atomic mass is 9.98. The molecule has 38 heavy (non-hydrogen) atoms. The van der Waals surface area contributed by atoms with Crippen molar-refractivity contribution in [1.29, 1.82) is 0 Å². The molecule has 10 heteroatoms. The largest absolute Gasteiger partial charge is 0.478 e. The van der Waals surface area contributed by atoms with Crippen LogP contribution in [-0.2, 0) is 23.8 Å². The molecule has 194 valence electrons. The van der Waals surface area contributed by atoms with Gasteiger partial charge in [-0.2, -0.15) is 0 Å². The van der Waals surface area contributed by atoms with Gasteiger partial charge in [0.2, 0.25) is 0 Å². The maximum Gasteiger partial charge on any atom is 0.411 e. The predicted octanol–water partition coefficient (Wildman–Crippen LogP) is 4.39. The zero-order valence-corrected chi connectivity index (χ0v) is 20.5. The van der Waals surface area contributed by atoms with E-state index in [1.807, 2.05) is 48.5 Å². The Hall–Kier alpha value is -5.12. The highest BCUT2D eigenvalue weighted by atomic mass is 16.5. The van der Waals surface area contributed by atoms with E-state index in [1.165, 1.54) is 18.2 Å². The van der Waals surface area contributed by atoms with E-state index >= 15 is 0 Å². The molecular formula is C28H24N2O8. The number of aromatic carboxylic acids is 1. The van der Waals surface area contributed by atoms with Crippen molar-refractivity contribution in [3.63, 3.8) is 0 Å². The van der Waals surface area contributed by atoms with Crippen molar-refractivity contribution in [1.82, 2.24) is 0 Å². The number of hydrogen-bond donors (Lipinski definition) is 3. The topological polar surface area (TPSA) is 140 Å². The number of amides is 1. The Balaban J connectivity index is 1.56.